The summed E-state index contributed by atoms with van der Waals surface area (Å²) in [5.41, 5.74) is 0.997. The van der Waals surface area contributed by atoms with Gasteiger partial charge in [0, 0.05) is 43.4 Å². The number of halogens is 1. The van der Waals surface area contributed by atoms with Crippen molar-refractivity contribution in [2.45, 2.75) is 25.3 Å². The topological polar surface area (TPSA) is 42.0 Å². The van der Waals surface area contributed by atoms with E-state index in [1.165, 1.54) is 0 Å². The van der Waals surface area contributed by atoms with Gasteiger partial charge in [0.05, 0.1) is 0 Å². The van der Waals surface area contributed by atoms with Crippen molar-refractivity contribution in [1.29, 1.82) is 0 Å². The number of ether oxygens (including phenoxy) is 2. The fourth-order valence-electron chi connectivity index (χ4n) is 3.57. The Labute approximate surface area is 148 Å². The lowest BCUT2D eigenvalue weighted by molar-refractivity contribution is -0.141. The van der Waals surface area contributed by atoms with Crippen molar-refractivity contribution >= 4 is 17.5 Å². The third-order valence-electron chi connectivity index (χ3n) is 5.26. The molecular formula is C18H25ClN2O3. The Morgan fingerprint density at radius 2 is 2.08 bits per heavy atom. The van der Waals surface area contributed by atoms with E-state index in [1.54, 1.807) is 6.07 Å². The van der Waals surface area contributed by atoms with Crippen LogP contribution in [0.15, 0.2) is 18.2 Å². The fraction of sp³-hybridized carbons (Fsp3) is 0.611. The number of rotatable bonds is 3. The minimum absolute atomic E-state index is 0.0447. The number of hydrogen-bond acceptors (Lipinski definition) is 4. The van der Waals surface area contributed by atoms with Gasteiger partial charge in [-0.3, -0.25) is 9.69 Å². The van der Waals surface area contributed by atoms with E-state index in [9.17, 15) is 4.79 Å². The Kier molecular flexibility index (Phi) is 5.33. The highest BCUT2D eigenvalue weighted by atomic mass is 35.5. The van der Waals surface area contributed by atoms with Gasteiger partial charge in [-0.15, -0.1) is 0 Å². The highest BCUT2D eigenvalue weighted by molar-refractivity contribution is 6.30. The number of piperazine rings is 1. The monoisotopic (exact) mass is 352 g/mol. The van der Waals surface area contributed by atoms with Gasteiger partial charge >= 0.3 is 0 Å². The molecule has 0 bridgehead atoms. The first-order chi connectivity index (χ1) is 11.5. The molecule has 6 heteroatoms. The zero-order valence-electron chi connectivity index (χ0n) is 14.4. The lowest BCUT2D eigenvalue weighted by Gasteiger charge is -2.51. The van der Waals surface area contributed by atoms with Gasteiger partial charge in [0.25, 0.3) is 5.91 Å². The number of carbonyl (C=O) groups excluding carboxylic acids is 1. The predicted molar refractivity (Wildman–Crippen MR) is 93.7 cm³/mol. The Hall–Kier alpha value is -1.30. The van der Waals surface area contributed by atoms with Crippen molar-refractivity contribution in [2.24, 2.45) is 0 Å². The Morgan fingerprint density at radius 1 is 1.33 bits per heavy atom. The Bertz CT molecular complexity index is 602. The van der Waals surface area contributed by atoms with Gasteiger partial charge in [-0.25, -0.2) is 0 Å². The van der Waals surface area contributed by atoms with Crippen LogP contribution in [-0.2, 0) is 9.53 Å². The first-order valence-electron chi connectivity index (χ1n) is 8.46. The molecule has 1 aromatic rings. The second kappa shape index (κ2) is 7.30. The highest BCUT2D eigenvalue weighted by Crippen LogP contribution is 2.30. The van der Waals surface area contributed by atoms with Crippen molar-refractivity contribution in [3.8, 4) is 5.75 Å². The van der Waals surface area contributed by atoms with Crippen molar-refractivity contribution in [1.82, 2.24) is 9.80 Å². The molecule has 3 rings (SSSR count). The summed E-state index contributed by atoms with van der Waals surface area (Å²) < 4.78 is 11.2. The summed E-state index contributed by atoms with van der Waals surface area (Å²) in [5.74, 6) is 0.756. The summed E-state index contributed by atoms with van der Waals surface area (Å²) in [5, 5.41) is 0.673. The first kappa shape index (κ1) is 17.5. The number of carbonyl (C=O) groups is 1. The van der Waals surface area contributed by atoms with Crippen LogP contribution in [-0.4, -0.2) is 67.7 Å². The van der Waals surface area contributed by atoms with Gasteiger partial charge in [0.2, 0.25) is 0 Å². The Morgan fingerprint density at radius 3 is 2.79 bits per heavy atom. The number of amides is 1. The third-order valence-corrected chi connectivity index (χ3v) is 5.50. The van der Waals surface area contributed by atoms with Gasteiger partial charge < -0.3 is 14.4 Å². The summed E-state index contributed by atoms with van der Waals surface area (Å²) in [6.07, 6.45) is 1.95. The summed E-state index contributed by atoms with van der Waals surface area (Å²) in [6, 6.07) is 5.43. The number of nitrogens with zero attached hydrogens (tertiary/aromatic N) is 2. The average Bonchev–Trinajstić information content (AvgIpc) is 2.57. The molecule has 0 aliphatic carbocycles. The van der Waals surface area contributed by atoms with Crippen molar-refractivity contribution in [3.05, 3.63) is 28.8 Å². The average molecular weight is 353 g/mol. The lowest BCUT2D eigenvalue weighted by atomic mass is 9.86. The van der Waals surface area contributed by atoms with Crippen molar-refractivity contribution in [3.63, 3.8) is 0 Å². The first-order valence-corrected chi connectivity index (χ1v) is 8.84. The van der Waals surface area contributed by atoms with Crippen LogP contribution in [0.2, 0.25) is 5.02 Å². The van der Waals surface area contributed by atoms with Crippen LogP contribution in [0.25, 0.3) is 0 Å². The molecule has 0 atom stereocenters. The number of benzene rings is 1. The lowest BCUT2D eigenvalue weighted by Crippen LogP contribution is -2.64. The van der Waals surface area contributed by atoms with E-state index in [2.05, 4.69) is 11.9 Å². The van der Waals surface area contributed by atoms with E-state index < -0.39 is 0 Å². The van der Waals surface area contributed by atoms with Crippen molar-refractivity contribution < 1.29 is 14.3 Å². The maximum atomic E-state index is 12.6. The van der Waals surface area contributed by atoms with Crippen molar-refractivity contribution in [2.75, 3.05) is 46.5 Å². The molecule has 2 aliphatic rings. The molecule has 2 saturated heterocycles. The smallest absolute Gasteiger partial charge is 0.260 e. The van der Waals surface area contributed by atoms with Gasteiger partial charge in [-0.2, -0.15) is 0 Å². The number of hydrogen-bond donors (Lipinski definition) is 0. The second-order valence-electron chi connectivity index (χ2n) is 6.77. The number of aryl methyl sites for hydroxylation is 1. The van der Waals surface area contributed by atoms with Crippen LogP contribution in [0.1, 0.15) is 18.4 Å². The molecule has 2 fully saturated rings. The molecule has 24 heavy (non-hydrogen) atoms. The van der Waals surface area contributed by atoms with Gasteiger partial charge in [-0.1, -0.05) is 11.6 Å². The molecule has 1 amide bonds. The minimum Gasteiger partial charge on any atom is -0.483 e. The maximum Gasteiger partial charge on any atom is 0.260 e. The van der Waals surface area contributed by atoms with Gasteiger partial charge in [0.1, 0.15) is 5.75 Å². The molecule has 0 radical (unpaired) electrons. The summed E-state index contributed by atoms with van der Waals surface area (Å²) in [6.45, 7) is 5.94. The molecule has 0 N–H and O–H groups in total. The van der Waals surface area contributed by atoms with Crippen LogP contribution in [0.5, 0.6) is 5.75 Å². The normalized spacial score (nSPS) is 21.0. The zero-order chi connectivity index (χ0) is 17.2. The van der Waals surface area contributed by atoms with Gasteiger partial charge in [0.15, 0.2) is 6.61 Å². The fourth-order valence-corrected chi connectivity index (χ4v) is 3.80. The minimum atomic E-state index is 0.0447. The van der Waals surface area contributed by atoms with Crippen LogP contribution in [0.3, 0.4) is 0 Å². The number of likely N-dealkylation sites (N-methyl/N-ethyl adjacent to an activating group) is 1. The summed E-state index contributed by atoms with van der Waals surface area (Å²) in [4.78, 5) is 16.9. The Balaban J connectivity index is 1.60. The van der Waals surface area contributed by atoms with E-state index in [4.69, 9.17) is 21.1 Å². The molecule has 5 nitrogen and oxygen atoms in total. The van der Waals surface area contributed by atoms with Crippen LogP contribution < -0.4 is 4.74 Å². The van der Waals surface area contributed by atoms with Gasteiger partial charge in [-0.05, 0) is 50.6 Å². The zero-order valence-corrected chi connectivity index (χ0v) is 15.1. The van der Waals surface area contributed by atoms with E-state index in [0.717, 1.165) is 51.3 Å². The summed E-state index contributed by atoms with van der Waals surface area (Å²) >= 11 is 5.95. The molecule has 2 aliphatic heterocycles. The van der Waals surface area contributed by atoms with E-state index in [1.807, 2.05) is 24.0 Å². The third kappa shape index (κ3) is 3.68. The highest BCUT2D eigenvalue weighted by Gasteiger charge is 2.42. The van der Waals surface area contributed by atoms with Crippen LogP contribution in [0.4, 0.5) is 0 Å². The summed E-state index contributed by atoms with van der Waals surface area (Å²) in [7, 11) is 2.15. The molecule has 132 valence electrons. The largest absolute Gasteiger partial charge is 0.483 e. The van der Waals surface area contributed by atoms with E-state index >= 15 is 0 Å². The molecular weight excluding hydrogens is 328 g/mol. The predicted octanol–water partition coefficient (Wildman–Crippen LogP) is 2.35. The molecule has 2 heterocycles. The molecule has 0 saturated carbocycles. The maximum absolute atomic E-state index is 12.6. The molecule has 1 aromatic carbocycles. The quantitative estimate of drug-likeness (QED) is 0.837. The molecule has 0 aromatic heterocycles. The van der Waals surface area contributed by atoms with Crippen LogP contribution in [0, 0.1) is 6.92 Å². The van der Waals surface area contributed by atoms with E-state index in [-0.39, 0.29) is 18.1 Å². The van der Waals surface area contributed by atoms with Crippen LogP contribution >= 0.6 is 11.6 Å². The second-order valence-corrected chi connectivity index (χ2v) is 7.21. The standard InChI is InChI=1S/C18H25ClN2O3/c1-14-11-15(19)3-4-16(14)24-12-17(22)21-8-7-20(2)18(13-21)5-9-23-10-6-18/h3-4,11H,5-10,12-13H2,1-2H3. The van der Waals surface area contributed by atoms with E-state index in [0.29, 0.717) is 10.8 Å². The SMILES string of the molecule is Cc1cc(Cl)ccc1OCC(=O)N1CCN(C)C2(CCOCC2)C1. The molecule has 1 spiro atoms. The molecule has 0 unspecified atom stereocenters.